The van der Waals surface area contributed by atoms with Crippen LogP contribution in [0.4, 0.5) is 5.69 Å². The number of anilines is 1. The molecule has 0 atom stereocenters. The van der Waals surface area contributed by atoms with Crippen LogP contribution in [-0.2, 0) is 6.54 Å². The van der Waals surface area contributed by atoms with Crippen LogP contribution in [0.25, 0.3) is 0 Å². The van der Waals surface area contributed by atoms with Crippen LogP contribution in [0.5, 0.6) is 0 Å². The number of fused-ring (bicyclic) bond motifs is 1. The summed E-state index contributed by atoms with van der Waals surface area (Å²) in [6.07, 6.45) is 5.77. The first-order chi connectivity index (χ1) is 7.22. The molecule has 0 fully saturated rings. The van der Waals surface area contributed by atoms with Crippen molar-refractivity contribution in [2.24, 2.45) is 0 Å². The molecule has 0 spiro atoms. The SMILES string of the molecule is C#CCCN1Cc2ccc(N)cc2C1=O. The summed E-state index contributed by atoms with van der Waals surface area (Å²) in [5.41, 5.74) is 8.01. The molecule has 0 saturated carbocycles. The van der Waals surface area contributed by atoms with Crippen molar-refractivity contribution in [1.29, 1.82) is 0 Å². The number of nitrogens with two attached hydrogens (primary N) is 1. The Morgan fingerprint density at radius 1 is 1.53 bits per heavy atom. The van der Waals surface area contributed by atoms with Gasteiger partial charge in [0.05, 0.1) is 0 Å². The minimum absolute atomic E-state index is 0.0348. The van der Waals surface area contributed by atoms with Gasteiger partial charge in [-0.25, -0.2) is 0 Å². The second kappa shape index (κ2) is 3.66. The maximum absolute atomic E-state index is 11.9. The van der Waals surface area contributed by atoms with E-state index in [0.717, 1.165) is 5.56 Å². The lowest BCUT2D eigenvalue weighted by Crippen LogP contribution is -2.24. The Labute approximate surface area is 88.9 Å². The lowest BCUT2D eigenvalue weighted by molar-refractivity contribution is 0.0782. The molecule has 3 heteroatoms. The molecule has 0 radical (unpaired) electrons. The zero-order chi connectivity index (χ0) is 10.8. The summed E-state index contributed by atoms with van der Waals surface area (Å²) in [4.78, 5) is 13.6. The van der Waals surface area contributed by atoms with Gasteiger partial charge in [-0.3, -0.25) is 4.79 Å². The molecule has 1 amide bonds. The van der Waals surface area contributed by atoms with Crippen molar-refractivity contribution < 1.29 is 4.79 Å². The van der Waals surface area contributed by atoms with Gasteiger partial charge in [-0.05, 0) is 17.7 Å². The van der Waals surface area contributed by atoms with Crippen molar-refractivity contribution in [3.63, 3.8) is 0 Å². The first kappa shape index (κ1) is 9.60. The van der Waals surface area contributed by atoms with E-state index in [-0.39, 0.29) is 5.91 Å². The van der Waals surface area contributed by atoms with Crippen LogP contribution in [0, 0.1) is 12.3 Å². The zero-order valence-electron chi connectivity index (χ0n) is 8.36. The summed E-state index contributed by atoms with van der Waals surface area (Å²) < 4.78 is 0. The Morgan fingerprint density at radius 3 is 3.07 bits per heavy atom. The molecule has 1 aliphatic heterocycles. The number of rotatable bonds is 2. The van der Waals surface area contributed by atoms with Gasteiger partial charge in [0.25, 0.3) is 5.91 Å². The molecule has 1 heterocycles. The van der Waals surface area contributed by atoms with Gasteiger partial charge in [-0.2, -0.15) is 0 Å². The third-order valence-corrected chi connectivity index (χ3v) is 2.54. The van der Waals surface area contributed by atoms with Crippen molar-refractivity contribution in [1.82, 2.24) is 4.90 Å². The number of amides is 1. The molecule has 0 bridgehead atoms. The van der Waals surface area contributed by atoms with Gasteiger partial charge >= 0.3 is 0 Å². The highest BCUT2D eigenvalue weighted by atomic mass is 16.2. The molecule has 0 aliphatic carbocycles. The minimum atomic E-state index is 0.0348. The molecular formula is C12H12N2O. The van der Waals surface area contributed by atoms with Crippen molar-refractivity contribution in [2.75, 3.05) is 12.3 Å². The van der Waals surface area contributed by atoms with E-state index in [0.29, 0.717) is 30.8 Å². The van der Waals surface area contributed by atoms with Crippen LogP contribution in [-0.4, -0.2) is 17.4 Å². The molecule has 1 aromatic carbocycles. The highest BCUT2D eigenvalue weighted by Gasteiger charge is 2.26. The van der Waals surface area contributed by atoms with Crippen LogP contribution in [0.3, 0.4) is 0 Å². The van der Waals surface area contributed by atoms with Gasteiger partial charge in [-0.1, -0.05) is 6.07 Å². The van der Waals surface area contributed by atoms with Crippen molar-refractivity contribution in [2.45, 2.75) is 13.0 Å². The Morgan fingerprint density at radius 2 is 2.33 bits per heavy atom. The molecule has 1 aliphatic rings. The smallest absolute Gasteiger partial charge is 0.254 e. The maximum atomic E-state index is 11.9. The number of carbonyl (C=O) groups is 1. The highest BCUT2D eigenvalue weighted by Crippen LogP contribution is 2.24. The Hall–Kier alpha value is -1.95. The fraction of sp³-hybridized carbons (Fsp3) is 0.250. The van der Waals surface area contributed by atoms with Crippen LogP contribution < -0.4 is 5.73 Å². The maximum Gasteiger partial charge on any atom is 0.254 e. The minimum Gasteiger partial charge on any atom is -0.399 e. The van der Waals surface area contributed by atoms with Crippen LogP contribution in [0.2, 0.25) is 0 Å². The van der Waals surface area contributed by atoms with Crippen molar-refractivity contribution >= 4 is 11.6 Å². The first-order valence-corrected chi connectivity index (χ1v) is 4.83. The number of terminal acetylenes is 1. The van der Waals surface area contributed by atoms with E-state index in [1.165, 1.54) is 0 Å². The van der Waals surface area contributed by atoms with Crippen LogP contribution >= 0.6 is 0 Å². The van der Waals surface area contributed by atoms with Crippen molar-refractivity contribution in [3.05, 3.63) is 29.3 Å². The second-order valence-electron chi connectivity index (χ2n) is 3.60. The lowest BCUT2D eigenvalue weighted by atomic mass is 10.1. The van der Waals surface area contributed by atoms with E-state index in [2.05, 4.69) is 5.92 Å². The Balaban J connectivity index is 2.23. The van der Waals surface area contributed by atoms with E-state index in [1.54, 1.807) is 11.0 Å². The van der Waals surface area contributed by atoms with E-state index >= 15 is 0 Å². The summed E-state index contributed by atoms with van der Waals surface area (Å²) in [5, 5.41) is 0. The second-order valence-corrected chi connectivity index (χ2v) is 3.60. The number of nitrogens with zero attached hydrogens (tertiary/aromatic N) is 1. The zero-order valence-corrected chi connectivity index (χ0v) is 8.36. The van der Waals surface area contributed by atoms with E-state index < -0.39 is 0 Å². The topological polar surface area (TPSA) is 46.3 Å². The van der Waals surface area contributed by atoms with Crippen LogP contribution in [0.1, 0.15) is 22.3 Å². The molecular weight excluding hydrogens is 188 g/mol. The molecule has 0 saturated heterocycles. The fourth-order valence-electron chi connectivity index (χ4n) is 1.76. The average Bonchev–Trinajstić information content (AvgIpc) is 2.53. The Kier molecular flexibility index (Phi) is 2.34. The fourth-order valence-corrected chi connectivity index (χ4v) is 1.76. The van der Waals surface area contributed by atoms with Gasteiger partial charge in [0.1, 0.15) is 0 Å². The molecule has 15 heavy (non-hydrogen) atoms. The van der Waals surface area contributed by atoms with Gasteiger partial charge < -0.3 is 10.6 Å². The van der Waals surface area contributed by atoms with Crippen molar-refractivity contribution in [3.8, 4) is 12.3 Å². The summed E-state index contributed by atoms with van der Waals surface area (Å²) >= 11 is 0. The summed E-state index contributed by atoms with van der Waals surface area (Å²) in [5.74, 6) is 2.57. The predicted octanol–water partition coefficient (Wildman–Crippen LogP) is 1.25. The third kappa shape index (κ3) is 1.66. The monoisotopic (exact) mass is 200 g/mol. The molecule has 3 nitrogen and oxygen atoms in total. The van der Waals surface area contributed by atoms with Gasteiger partial charge in [0, 0.05) is 30.8 Å². The summed E-state index contributed by atoms with van der Waals surface area (Å²) in [7, 11) is 0. The molecule has 2 N–H and O–H groups in total. The lowest BCUT2D eigenvalue weighted by Gasteiger charge is -2.12. The van der Waals surface area contributed by atoms with Gasteiger partial charge in [0.2, 0.25) is 0 Å². The molecule has 0 aromatic heterocycles. The first-order valence-electron chi connectivity index (χ1n) is 4.83. The number of hydrogen-bond acceptors (Lipinski definition) is 2. The van der Waals surface area contributed by atoms with E-state index in [4.69, 9.17) is 12.2 Å². The molecule has 76 valence electrons. The normalized spacial score (nSPS) is 13.8. The van der Waals surface area contributed by atoms with Gasteiger partial charge in [0.15, 0.2) is 0 Å². The highest BCUT2D eigenvalue weighted by molar-refractivity contribution is 5.99. The number of carbonyl (C=O) groups excluding carboxylic acids is 1. The van der Waals surface area contributed by atoms with Crippen LogP contribution in [0.15, 0.2) is 18.2 Å². The molecule has 1 aromatic rings. The number of nitrogen functional groups attached to an aromatic ring is 1. The van der Waals surface area contributed by atoms with Gasteiger partial charge in [-0.15, -0.1) is 12.3 Å². The average molecular weight is 200 g/mol. The predicted molar refractivity (Wildman–Crippen MR) is 59.0 cm³/mol. The largest absolute Gasteiger partial charge is 0.399 e. The quantitative estimate of drug-likeness (QED) is 0.577. The summed E-state index contributed by atoms with van der Waals surface area (Å²) in [6, 6.07) is 5.45. The standard InChI is InChI=1S/C12H12N2O/c1-2-3-6-14-8-9-4-5-10(13)7-11(9)12(14)15/h1,4-5,7H,3,6,8,13H2. The number of benzene rings is 1. The summed E-state index contributed by atoms with van der Waals surface area (Å²) in [6.45, 7) is 1.26. The van der Waals surface area contributed by atoms with E-state index in [1.807, 2.05) is 12.1 Å². The van der Waals surface area contributed by atoms with E-state index in [9.17, 15) is 4.79 Å². The molecule has 0 unspecified atom stereocenters. The molecule has 2 rings (SSSR count). The Bertz CT molecular complexity index is 445. The third-order valence-electron chi connectivity index (χ3n) is 2.54. The number of hydrogen-bond donors (Lipinski definition) is 1.